The summed E-state index contributed by atoms with van der Waals surface area (Å²) in [4.78, 5) is 42.3. The second-order valence-corrected chi connectivity index (χ2v) is 7.13. The first-order chi connectivity index (χ1) is 13.4. The van der Waals surface area contributed by atoms with Crippen molar-refractivity contribution in [1.29, 1.82) is 0 Å². The number of hydrogen-bond acceptors (Lipinski definition) is 7. The average Bonchev–Trinajstić information content (AvgIpc) is 3.15. The van der Waals surface area contributed by atoms with Crippen LogP contribution in [0, 0.1) is 0 Å². The summed E-state index contributed by atoms with van der Waals surface area (Å²) in [5.74, 6) is -2.18. The van der Waals surface area contributed by atoms with Gasteiger partial charge in [0.15, 0.2) is 0 Å². The van der Waals surface area contributed by atoms with Crippen molar-refractivity contribution in [3.05, 3.63) is 41.5 Å². The molecule has 0 unspecified atom stereocenters. The van der Waals surface area contributed by atoms with Crippen molar-refractivity contribution in [2.24, 2.45) is 0 Å². The zero-order chi connectivity index (χ0) is 20.6. The second-order valence-electron chi connectivity index (χ2n) is 6.01. The SMILES string of the molecule is CCOC(=O)C(CCc1ncc(-c2ccccc2)s1)(NC(C)=O)C(=O)OCC. The highest BCUT2D eigenvalue weighted by Crippen LogP contribution is 2.28. The molecule has 0 aliphatic heterocycles. The quantitative estimate of drug-likeness (QED) is 0.510. The second kappa shape index (κ2) is 9.98. The number of thiazole rings is 1. The van der Waals surface area contributed by atoms with Crippen molar-refractivity contribution >= 4 is 29.2 Å². The summed E-state index contributed by atoms with van der Waals surface area (Å²) in [6.45, 7) is 4.66. The zero-order valence-electron chi connectivity index (χ0n) is 16.2. The molecule has 0 aliphatic rings. The van der Waals surface area contributed by atoms with Gasteiger partial charge in [0.1, 0.15) is 0 Å². The van der Waals surface area contributed by atoms with E-state index in [9.17, 15) is 14.4 Å². The molecule has 28 heavy (non-hydrogen) atoms. The molecular formula is C20H24N2O5S. The van der Waals surface area contributed by atoms with E-state index in [2.05, 4.69) is 10.3 Å². The van der Waals surface area contributed by atoms with E-state index in [-0.39, 0.29) is 19.6 Å². The minimum atomic E-state index is -1.89. The van der Waals surface area contributed by atoms with Gasteiger partial charge in [-0.2, -0.15) is 0 Å². The van der Waals surface area contributed by atoms with Crippen LogP contribution in [-0.4, -0.2) is 41.6 Å². The summed E-state index contributed by atoms with van der Waals surface area (Å²) in [6.07, 6.45) is 2.05. The highest BCUT2D eigenvalue weighted by atomic mass is 32.1. The third-order valence-electron chi connectivity index (χ3n) is 3.96. The van der Waals surface area contributed by atoms with Crippen LogP contribution >= 0.6 is 11.3 Å². The lowest BCUT2D eigenvalue weighted by Crippen LogP contribution is -2.61. The van der Waals surface area contributed by atoms with Gasteiger partial charge in [-0.05, 0) is 25.8 Å². The van der Waals surface area contributed by atoms with E-state index in [0.29, 0.717) is 6.42 Å². The molecule has 0 atom stereocenters. The van der Waals surface area contributed by atoms with Crippen LogP contribution in [0.3, 0.4) is 0 Å². The molecular weight excluding hydrogens is 380 g/mol. The van der Waals surface area contributed by atoms with Gasteiger partial charge in [0.2, 0.25) is 11.4 Å². The van der Waals surface area contributed by atoms with Crippen LogP contribution in [0.5, 0.6) is 0 Å². The molecule has 0 radical (unpaired) electrons. The van der Waals surface area contributed by atoms with Crippen molar-refractivity contribution in [1.82, 2.24) is 10.3 Å². The number of carbonyl (C=O) groups excluding carboxylic acids is 3. The number of hydrogen-bond donors (Lipinski definition) is 1. The van der Waals surface area contributed by atoms with Crippen LogP contribution in [0.1, 0.15) is 32.2 Å². The molecule has 150 valence electrons. The number of aryl methyl sites for hydroxylation is 1. The number of esters is 2. The first kappa shape index (κ1) is 21.6. The van der Waals surface area contributed by atoms with Gasteiger partial charge < -0.3 is 14.8 Å². The van der Waals surface area contributed by atoms with E-state index >= 15 is 0 Å². The lowest BCUT2D eigenvalue weighted by Gasteiger charge is -2.29. The van der Waals surface area contributed by atoms with Gasteiger partial charge in [0.25, 0.3) is 0 Å². The number of aromatic nitrogens is 1. The molecule has 8 heteroatoms. The Labute approximate surface area is 168 Å². The Hall–Kier alpha value is -2.74. The molecule has 0 spiro atoms. The van der Waals surface area contributed by atoms with E-state index in [4.69, 9.17) is 9.47 Å². The lowest BCUT2D eigenvalue weighted by atomic mass is 9.93. The summed E-state index contributed by atoms with van der Waals surface area (Å²) < 4.78 is 10.1. The maximum atomic E-state index is 12.6. The Bertz CT molecular complexity index is 801. The summed E-state index contributed by atoms with van der Waals surface area (Å²) in [5.41, 5.74) is -0.855. The smallest absolute Gasteiger partial charge is 0.343 e. The molecule has 2 rings (SSSR count). The number of carbonyl (C=O) groups is 3. The van der Waals surface area contributed by atoms with E-state index in [1.807, 2.05) is 30.3 Å². The summed E-state index contributed by atoms with van der Waals surface area (Å²) >= 11 is 1.47. The summed E-state index contributed by atoms with van der Waals surface area (Å²) in [7, 11) is 0. The van der Waals surface area contributed by atoms with Gasteiger partial charge in [-0.1, -0.05) is 30.3 Å². The molecule has 2 aromatic rings. The topological polar surface area (TPSA) is 94.6 Å². The molecule has 1 heterocycles. The Morgan fingerprint density at radius 3 is 2.21 bits per heavy atom. The fourth-order valence-corrected chi connectivity index (χ4v) is 3.64. The molecule has 0 saturated carbocycles. The van der Waals surface area contributed by atoms with Gasteiger partial charge in [0, 0.05) is 19.5 Å². The van der Waals surface area contributed by atoms with Crippen molar-refractivity contribution < 1.29 is 23.9 Å². The molecule has 1 aromatic carbocycles. The fourth-order valence-electron chi connectivity index (χ4n) is 2.72. The number of ether oxygens (including phenoxy) is 2. The number of nitrogens with one attached hydrogen (secondary N) is 1. The van der Waals surface area contributed by atoms with Crippen LogP contribution in [-0.2, 0) is 30.3 Å². The van der Waals surface area contributed by atoms with Crippen molar-refractivity contribution in [2.45, 2.75) is 39.2 Å². The van der Waals surface area contributed by atoms with Crippen LogP contribution < -0.4 is 5.32 Å². The first-order valence-corrected chi connectivity index (χ1v) is 9.88. The van der Waals surface area contributed by atoms with Gasteiger partial charge in [-0.3, -0.25) is 4.79 Å². The third kappa shape index (κ3) is 5.16. The molecule has 7 nitrogen and oxygen atoms in total. The molecule has 1 N–H and O–H groups in total. The minimum Gasteiger partial charge on any atom is -0.464 e. The van der Waals surface area contributed by atoms with Gasteiger partial charge >= 0.3 is 11.9 Å². The molecule has 0 saturated heterocycles. The maximum absolute atomic E-state index is 12.6. The Kier molecular flexibility index (Phi) is 7.69. The van der Waals surface area contributed by atoms with E-state index in [1.165, 1.54) is 18.3 Å². The van der Waals surface area contributed by atoms with E-state index in [1.54, 1.807) is 20.0 Å². The number of rotatable bonds is 9. The Morgan fingerprint density at radius 1 is 1.07 bits per heavy atom. The summed E-state index contributed by atoms with van der Waals surface area (Å²) in [5, 5.41) is 3.20. The van der Waals surface area contributed by atoms with E-state index in [0.717, 1.165) is 15.4 Å². The number of benzene rings is 1. The summed E-state index contributed by atoms with van der Waals surface area (Å²) in [6, 6.07) is 9.79. The predicted molar refractivity (Wildman–Crippen MR) is 106 cm³/mol. The molecule has 1 amide bonds. The minimum absolute atomic E-state index is 0.00795. The van der Waals surface area contributed by atoms with Crippen LogP contribution in [0.2, 0.25) is 0 Å². The molecule has 0 bridgehead atoms. The Morgan fingerprint density at radius 2 is 1.68 bits per heavy atom. The molecule has 0 aliphatic carbocycles. The maximum Gasteiger partial charge on any atom is 0.343 e. The highest BCUT2D eigenvalue weighted by molar-refractivity contribution is 7.15. The number of nitrogens with zero attached hydrogens (tertiary/aromatic N) is 1. The Balaban J connectivity index is 2.26. The van der Waals surface area contributed by atoms with Crippen molar-refractivity contribution in [3.8, 4) is 10.4 Å². The average molecular weight is 404 g/mol. The van der Waals surface area contributed by atoms with Gasteiger partial charge in [-0.15, -0.1) is 11.3 Å². The monoisotopic (exact) mass is 404 g/mol. The van der Waals surface area contributed by atoms with Gasteiger partial charge in [-0.25, -0.2) is 14.6 Å². The standard InChI is InChI=1S/C20H24N2O5S/c1-4-26-18(24)20(22-14(3)23,19(25)27-5-2)12-11-17-21-13-16(28-17)15-9-7-6-8-10-15/h6-10,13H,4-5,11-12H2,1-3H3,(H,22,23). The van der Waals surface area contributed by atoms with Gasteiger partial charge in [0.05, 0.1) is 23.1 Å². The van der Waals surface area contributed by atoms with Crippen LogP contribution in [0.15, 0.2) is 36.5 Å². The number of amides is 1. The van der Waals surface area contributed by atoms with Crippen molar-refractivity contribution in [2.75, 3.05) is 13.2 Å². The fraction of sp³-hybridized carbons (Fsp3) is 0.400. The largest absolute Gasteiger partial charge is 0.464 e. The van der Waals surface area contributed by atoms with Crippen molar-refractivity contribution in [3.63, 3.8) is 0 Å². The molecule has 1 aromatic heterocycles. The molecule has 0 fully saturated rings. The highest BCUT2D eigenvalue weighted by Gasteiger charge is 2.49. The first-order valence-electron chi connectivity index (χ1n) is 9.06. The predicted octanol–water partition coefficient (Wildman–Crippen LogP) is 2.74. The third-order valence-corrected chi connectivity index (χ3v) is 5.07. The van der Waals surface area contributed by atoms with E-state index < -0.39 is 23.4 Å². The van der Waals surface area contributed by atoms with Crippen LogP contribution in [0.25, 0.3) is 10.4 Å². The van der Waals surface area contributed by atoms with Crippen LogP contribution in [0.4, 0.5) is 0 Å². The zero-order valence-corrected chi connectivity index (χ0v) is 17.0. The normalized spacial score (nSPS) is 11.0. The lowest BCUT2D eigenvalue weighted by molar-refractivity contribution is -0.168.